The summed E-state index contributed by atoms with van der Waals surface area (Å²) in [6.45, 7) is 2.93. The molecule has 6 rings (SSSR count). The summed E-state index contributed by atoms with van der Waals surface area (Å²) in [6.07, 6.45) is 4.03. The third kappa shape index (κ3) is 2.99. The van der Waals surface area contributed by atoms with Gasteiger partial charge in [-0.25, -0.2) is 12.7 Å². The van der Waals surface area contributed by atoms with Crippen LogP contribution in [0.15, 0.2) is 41.3 Å². The SMILES string of the molecule is C[C@@H]1c2cc3c(cc2C2(CCCC2)CN1C(=O)CN1C(=O)c2ccccc2S1(=O)=O)OCCO3. The summed E-state index contributed by atoms with van der Waals surface area (Å²) in [4.78, 5) is 28.2. The van der Waals surface area contributed by atoms with E-state index in [0.29, 0.717) is 29.8 Å². The fourth-order valence-corrected chi connectivity index (χ4v) is 7.53. The monoisotopic (exact) mass is 482 g/mol. The molecule has 1 atom stereocenters. The predicted octanol–water partition coefficient (Wildman–Crippen LogP) is 3.02. The molecule has 3 heterocycles. The highest BCUT2D eigenvalue weighted by Gasteiger charge is 2.48. The molecule has 8 nitrogen and oxygen atoms in total. The molecule has 2 amide bonds. The Morgan fingerprint density at radius 1 is 1.09 bits per heavy atom. The zero-order chi connectivity index (χ0) is 23.7. The number of ether oxygens (including phenoxy) is 2. The van der Waals surface area contributed by atoms with E-state index < -0.39 is 22.5 Å². The molecule has 0 unspecified atom stereocenters. The highest BCUT2D eigenvalue weighted by Crippen LogP contribution is 2.52. The van der Waals surface area contributed by atoms with Crippen LogP contribution in [0, 0.1) is 0 Å². The van der Waals surface area contributed by atoms with E-state index in [1.807, 2.05) is 13.0 Å². The van der Waals surface area contributed by atoms with Gasteiger partial charge in [-0.15, -0.1) is 0 Å². The molecule has 178 valence electrons. The first-order chi connectivity index (χ1) is 16.3. The van der Waals surface area contributed by atoms with Crippen LogP contribution in [0.2, 0.25) is 0 Å². The van der Waals surface area contributed by atoms with Gasteiger partial charge in [-0.3, -0.25) is 9.59 Å². The third-order valence-electron chi connectivity index (χ3n) is 7.75. The van der Waals surface area contributed by atoms with E-state index >= 15 is 0 Å². The minimum absolute atomic E-state index is 0.0409. The first-order valence-electron chi connectivity index (χ1n) is 11.7. The van der Waals surface area contributed by atoms with Gasteiger partial charge in [0.25, 0.3) is 15.9 Å². The number of benzene rings is 2. The Balaban J connectivity index is 1.35. The second-order valence-corrected chi connectivity index (χ2v) is 11.4. The summed E-state index contributed by atoms with van der Waals surface area (Å²) in [6, 6.07) is 9.86. The zero-order valence-electron chi connectivity index (χ0n) is 19.0. The molecule has 4 aliphatic rings. The summed E-state index contributed by atoms with van der Waals surface area (Å²) in [5, 5.41) is 0. The molecule has 1 aliphatic carbocycles. The van der Waals surface area contributed by atoms with Gasteiger partial charge < -0.3 is 14.4 Å². The van der Waals surface area contributed by atoms with Crippen molar-refractivity contribution in [1.29, 1.82) is 0 Å². The molecule has 1 spiro atoms. The molecule has 0 N–H and O–H groups in total. The maximum absolute atomic E-state index is 13.6. The van der Waals surface area contributed by atoms with Gasteiger partial charge in [-0.2, -0.15) is 0 Å². The van der Waals surface area contributed by atoms with E-state index in [9.17, 15) is 18.0 Å². The van der Waals surface area contributed by atoms with Gasteiger partial charge in [0.2, 0.25) is 5.91 Å². The molecule has 2 aromatic rings. The summed E-state index contributed by atoms with van der Waals surface area (Å²) in [5.74, 6) is 0.398. The standard InChI is InChI=1S/C25H26N2O6S/c1-16-18-12-20-21(33-11-10-32-20)13-19(18)25(8-4-5-9-25)15-26(16)23(28)14-27-24(29)17-6-2-3-7-22(17)34(27,30)31/h2-3,6-7,12-13,16H,4-5,8-11,14-15H2,1H3/t16-/m1/s1. The van der Waals surface area contributed by atoms with Gasteiger partial charge in [0, 0.05) is 12.0 Å². The molecule has 1 fully saturated rings. The van der Waals surface area contributed by atoms with Crippen molar-refractivity contribution in [3.05, 3.63) is 53.1 Å². The van der Waals surface area contributed by atoms with Crippen molar-refractivity contribution >= 4 is 21.8 Å². The van der Waals surface area contributed by atoms with Crippen LogP contribution in [0.5, 0.6) is 11.5 Å². The van der Waals surface area contributed by atoms with Crippen LogP contribution in [0.3, 0.4) is 0 Å². The lowest BCUT2D eigenvalue weighted by molar-refractivity contribution is -0.135. The molecular formula is C25H26N2O6S. The number of rotatable bonds is 2. The van der Waals surface area contributed by atoms with Crippen molar-refractivity contribution in [2.45, 2.75) is 49.0 Å². The van der Waals surface area contributed by atoms with Gasteiger partial charge in [-0.05, 0) is 55.2 Å². The van der Waals surface area contributed by atoms with Crippen molar-refractivity contribution in [3.8, 4) is 11.5 Å². The number of hydrogen-bond donors (Lipinski definition) is 0. The number of hydrogen-bond acceptors (Lipinski definition) is 6. The van der Waals surface area contributed by atoms with Gasteiger partial charge in [0.15, 0.2) is 11.5 Å². The Labute approximate surface area is 198 Å². The Kier molecular flexibility index (Phi) is 4.71. The van der Waals surface area contributed by atoms with Crippen LogP contribution in [0.4, 0.5) is 0 Å². The number of carbonyl (C=O) groups is 2. The lowest BCUT2D eigenvalue weighted by Gasteiger charge is -2.46. The summed E-state index contributed by atoms with van der Waals surface area (Å²) < 4.78 is 38.4. The Hall–Kier alpha value is -3.07. The zero-order valence-corrected chi connectivity index (χ0v) is 19.8. The molecular weight excluding hydrogens is 456 g/mol. The van der Waals surface area contributed by atoms with Crippen LogP contribution in [0.25, 0.3) is 0 Å². The van der Waals surface area contributed by atoms with Crippen molar-refractivity contribution in [3.63, 3.8) is 0 Å². The smallest absolute Gasteiger partial charge is 0.269 e. The fourth-order valence-electron chi connectivity index (χ4n) is 6.01. The largest absolute Gasteiger partial charge is 0.486 e. The first-order valence-corrected chi connectivity index (χ1v) is 13.2. The molecule has 0 aromatic heterocycles. The second kappa shape index (κ2) is 7.46. The van der Waals surface area contributed by atoms with Crippen molar-refractivity contribution in [2.75, 3.05) is 26.3 Å². The molecule has 2 aromatic carbocycles. The van der Waals surface area contributed by atoms with Crippen LogP contribution in [-0.4, -0.2) is 55.7 Å². The molecule has 0 bridgehead atoms. The minimum Gasteiger partial charge on any atom is -0.486 e. The maximum Gasteiger partial charge on any atom is 0.269 e. The summed E-state index contributed by atoms with van der Waals surface area (Å²) >= 11 is 0. The number of carbonyl (C=O) groups excluding carboxylic acids is 2. The van der Waals surface area contributed by atoms with E-state index in [2.05, 4.69) is 6.07 Å². The number of fused-ring (bicyclic) bond motifs is 4. The molecule has 0 saturated heterocycles. The lowest BCUT2D eigenvalue weighted by Crippen LogP contribution is -2.51. The summed E-state index contributed by atoms with van der Waals surface area (Å²) in [7, 11) is -4.05. The van der Waals surface area contributed by atoms with E-state index in [4.69, 9.17) is 9.47 Å². The molecule has 0 radical (unpaired) electrons. The summed E-state index contributed by atoms with van der Waals surface area (Å²) in [5.41, 5.74) is 2.11. The Morgan fingerprint density at radius 3 is 2.47 bits per heavy atom. The first kappa shape index (κ1) is 21.5. The van der Waals surface area contributed by atoms with Crippen LogP contribution < -0.4 is 9.47 Å². The third-order valence-corrected chi connectivity index (χ3v) is 9.54. The quantitative estimate of drug-likeness (QED) is 0.653. The fraction of sp³-hybridized carbons (Fsp3) is 0.440. The normalized spacial score (nSPS) is 23.7. The highest BCUT2D eigenvalue weighted by molar-refractivity contribution is 7.90. The minimum atomic E-state index is -4.05. The Morgan fingerprint density at radius 2 is 1.76 bits per heavy atom. The highest BCUT2D eigenvalue weighted by atomic mass is 32.2. The average molecular weight is 483 g/mol. The van der Waals surface area contributed by atoms with Crippen LogP contribution in [-0.2, 0) is 20.2 Å². The van der Waals surface area contributed by atoms with Crippen molar-refractivity contribution in [2.24, 2.45) is 0 Å². The van der Waals surface area contributed by atoms with Gasteiger partial charge in [-0.1, -0.05) is 25.0 Å². The predicted molar refractivity (Wildman–Crippen MR) is 122 cm³/mol. The average Bonchev–Trinajstić information content (AvgIpc) is 3.39. The van der Waals surface area contributed by atoms with E-state index in [-0.39, 0.29) is 27.8 Å². The topological polar surface area (TPSA) is 93.2 Å². The van der Waals surface area contributed by atoms with E-state index in [0.717, 1.165) is 37.0 Å². The second-order valence-electron chi connectivity index (χ2n) is 9.58. The molecule has 3 aliphatic heterocycles. The molecule has 34 heavy (non-hydrogen) atoms. The van der Waals surface area contributed by atoms with E-state index in [1.54, 1.807) is 17.0 Å². The van der Waals surface area contributed by atoms with Crippen LogP contribution in [0.1, 0.15) is 60.1 Å². The molecule has 1 saturated carbocycles. The number of sulfonamides is 1. The maximum atomic E-state index is 13.6. The van der Waals surface area contributed by atoms with Crippen molar-refractivity contribution in [1.82, 2.24) is 9.21 Å². The van der Waals surface area contributed by atoms with E-state index in [1.165, 1.54) is 17.7 Å². The van der Waals surface area contributed by atoms with Gasteiger partial charge in [0.05, 0.1) is 11.6 Å². The van der Waals surface area contributed by atoms with Crippen LogP contribution >= 0.6 is 0 Å². The molecule has 9 heteroatoms. The number of amides is 2. The lowest BCUT2D eigenvalue weighted by atomic mass is 9.71. The number of nitrogens with zero attached hydrogens (tertiary/aromatic N) is 2. The van der Waals surface area contributed by atoms with Gasteiger partial charge in [0.1, 0.15) is 24.7 Å². The van der Waals surface area contributed by atoms with Gasteiger partial charge >= 0.3 is 0 Å². The Bertz CT molecular complexity index is 1310. The van der Waals surface area contributed by atoms with Crippen molar-refractivity contribution < 1.29 is 27.5 Å².